The summed E-state index contributed by atoms with van der Waals surface area (Å²) in [5.41, 5.74) is -0.0287. The molecule has 5 nitrogen and oxygen atoms in total. The highest BCUT2D eigenvalue weighted by molar-refractivity contribution is 5.60. The molecule has 0 unspecified atom stereocenters. The van der Waals surface area contributed by atoms with E-state index >= 15 is 0 Å². The predicted molar refractivity (Wildman–Crippen MR) is 67.8 cm³/mol. The highest BCUT2D eigenvalue weighted by atomic mass is 19.1. The molecule has 0 bridgehead atoms. The van der Waals surface area contributed by atoms with Crippen molar-refractivity contribution in [2.45, 2.75) is 0 Å². The number of nitrogens with zero attached hydrogens (tertiary/aromatic N) is 2. The summed E-state index contributed by atoms with van der Waals surface area (Å²) in [5, 5.41) is 5.50. The average Bonchev–Trinajstić information content (AvgIpc) is 2.42. The van der Waals surface area contributed by atoms with Crippen molar-refractivity contribution >= 4 is 17.3 Å². The van der Waals surface area contributed by atoms with E-state index in [1.807, 2.05) is 0 Å². The molecule has 0 amide bonds. The number of methoxy groups -OCH3 is 1. The molecule has 0 aliphatic rings. The van der Waals surface area contributed by atoms with Gasteiger partial charge in [-0.25, -0.2) is 18.7 Å². The molecule has 2 rings (SSSR count). The van der Waals surface area contributed by atoms with Crippen molar-refractivity contribution < 1.29 is 13.5 Å². The number of ether oxygens (including phenoxy) is 1. The van der Waals surface area contributed by atoms with Gasteiger partial charge in [0.1, 0.15) is 18.0 Å². The Morgan fingerprint density at radius 1 is 1.05 bits per heavy atom. The molecule has 0 atom stereocenters. The van der Waals surface area contributed by atoms with Crippen LogP contribution in [-0.2, 0) is 0 Å². The molecule has 0 aliphatic heterocycles. The zero-order chi connectivity index (χ0) is 13.8. The lowest BCUT2D eigenvalue weighted by Gasteiger charge is -2.09. The van der Waals surface area contributed by atoms with Crippen LogP contribution in [0, 0.1) is 11.6 Å². The number of hydrogen-bond donors (Lipinski definition) is 2. The van der Waals surface area contributed by atoms with Crippen LogP contribution in [0.2, 0.25) is 0 Å². The maximum atomic E-state index is 13.7. The van der Waals surface area contributed by atoms with Gasteiger partial charge in [-0.05, 0) is 0 Å². The van der Waals surface area contributed by atoms with Gasteiger partial charge in [-0.15, -0.1) is 0 Å². The maximum absolute atomic E-state index is 13.7. The lowest BCUT2D eigenvalue weighted by atomic mass is 10.2. The topological polar surface area (TPSA) is 59.1 Å². The molecule has 0 aliphatic carbocycles. The summed E-state index contributed by atoms with van der Waals surface area (Å²) in [6.07, 6.45) is 1.31. The van der Waals surface area contributed by atoms with E-state index in [-0.39, 0.29) is 11.4 Å². The van der Waals surface area contributed by atoms with Crippen LogP contribution in [0.25, 0.3) is 0 Å². The van der Waals surface area contributed by atoms with E-state index in [1.165, 1.54) is 13.4 Å². The minimum atomic E-state index is -0.658. The largest absolute Gasteiger partial charge is 0.494 e. The van der Waals surface area contributed by atoms with Gasteiger partial charge in [0.2, 0.25) is 0 Å². The Morgan fingerprint density at radius 2 is 1.79 bits per heavy atom. The SMILES string of the molecule is CNc1cc(Nc2cc(F)c(OC)cc2F)ncn1. The third kappa shape index (κ3) is 2.87. The highest BCUT2D eigenvalue weighted by Gasteiger charge is 2.11. The molecule has 0 fully saturated rings. The number of aromatic nitrogens is 2. The molecular weight excluding hydrogens is 254 g/mol. The minimum Gasteiger partial charge on any atom is -0.494 e. The van der Waals surface area contributed by atoms with Gasteiger partial charge in [0.25, 0.3) is 0 Å². The first-order valence-electron chi connectivity index (χ1n) is 5.44. The number of rotatable bonds is 4. The van der Waals surface area contributed by atoms with Crippen molar-refractivity contribution in [2.24, 2.45) is 0 Å². The summed E-state index contributed by atoms with van der Waals surface area (Å²) in [4.78, 5) is 7.83. The first kappa shape index (κ1) is 13.0. The van der Waals surface area contributed by atoms with Crippen molar-refractivity contribution in [3.63, 3.8) is 0 Å². The smallest absolute Gasteiger partial charge is 0.167 e. The van der Waals surface area contributed by atoms with Gasteiger partial charge >= 0.3 is 0 Å². The van der Waals surface area contributed by atoms with Crippen molar-refractivity contribution in [1.82, 2.24) is 9.97 Å². The number of benzene rings is 1. The fourth-order valence-corrected chi connectivity index (χ4v) is 1.48. The van der Waals surface area contributed by atoms with Gasteiger partial charge in [0.15, 0.2) is 17.4 Å². The number of hydrogen-bond acceptors (Lipinski definition) is 5. The van der Waals surface area contributed by atoms with Gasteiger partial charge in [-0.3, -0.25) is 0 Å². The van der Waals surface area contributed by atoms with E-state index < -0.39 is 11.6 Å². The van der Waals surface area contributed by atoms with Crippen LogP contribution in [0.5, 0.6) is 5.75 Å². The molecule has 7 heteroatoms. The first-order chi connectivity index (χ1) is 9.13. The lowest BCUT2D eigenvalue weighted by molar-refractivity contribution is 0.383. The molecule has 1 aromatic heterocycles. The van der Waals surface area contributed by atoms with Gasteiger partial charge in [0.05, 0.1) is 12.8 Å². The normalized spacial score (nSPS) is 10.1. The number of halogens is 2. The molecule has 2 aromatic rings. The zero-order valence-corrected chi connectivity index (χ0v) is 10.4. The van der Waals surface area contributed by atoms with Crippen molar-refractivity contribution in [2.75, 3.05) is 24.8 Å². The van der Waals surface area contributed by atoms with Crippen LogP contribution in [0.15, 0.2) is 24.5 Å². The van der Waals surface area contributed by atoms with Crippen LogP contribution in [0.1, 0.15) is 0 Å². The Labute approximate surface area is 108 Å². The Kier molecular flexibility index (Phi) is 3.74. The average molecular weight is 266 g/mol. The van der Waals surface area contributed by atoms with Crippen LogP contribution >= 0.6 is 0 Å². The Bertz CT molecular complexity index is 592. The molecule has 19 heavy (non-hydrogen) atoms. The Balaban J connectivity index is 2.30. The summed E-state index contributed by atoms with van der Waals surface area (Å²) in [5.74, 6) is -0.534. The molecule has 2 N–H and O–H groups in total. The zero-order valence-electron chi connectivity index (χ0n) is 10.4. The Morgan fingerprint density at radius 3 is 2.47 bits per heavy atom. The second-order valence-electron chi connectivity index (χ2n) is 3.63. The number of nitrogens with one attached hydrogen (secondary N) is 2. The third-order valence-corrected chi connectivity index (χ3v) is 2.43. The van der Waals surface area contributed by atoms with E-state index in [0.717, 1.165) is 12.1 Å². The molecule has 0 radical (unpaired) electrons. The van der Waals surface area contributed by atoms with E-state index in [1.54, 1.807) is 13.1 Å². The summed E-state index contributed by atoms with van der Waals surface area (Å²) < 4.78 is 31.9. The van der Waals surface area contributed by atoms with Crippen molar-refractivity contribution in [3.05, 3.63) is 36.2 Å². The third-order valence-electron chi connectivity index (χ3n) is 2.43. The van der Waals surface area contributed by atoms with Crippen LogP contribution in [-0.4, -0.2) is 24.1 Å². The van der Waals surface area contributed by atoms with Crippen LogP contribution < -0.4 is 15.4 Å². The van der Waals surface area contributed by atoms with Gasteiger partial charge < -0.3 is 15.4 Å². The fourth-order valence-electron chi connectivity index (χ4n) is 1.48. The predicted octanol–water partition coefficient (Wildman–Crippen LogP) is 2.55. The van der Waals surface area contributed by atoms with E-state index in [2.05, 4.69) is 25.3 Å². The highest BCUT2D eigenvalue weighted by Crippen LogP contribution is 2.26. The second kappa shape index (κ2) is 5.47. The van der Waals surface area contributed by atoms with Gasteiger partial charge in [-0.1, -0.05) is 0 Å². The first-order valence-corrected chi connectivity index (χ1v) is 5.44. The molecule has 0 saturated carbocycles. The molecule has 1 aromatic carbocycles. The molecule has 100 valence electrons. The molecule has 0 saturated heterocycles. The molecule has 0 spiro atoms. The minimum absolute atomic E-state index is 0.0287. The monoisotopic (exact) mass is 266 g/mol. The molecule has 1 heterocycles. The van der Waals surface area contributed by atoms with Crippen LogP contribution in [0.4, 0.5) is 26.1 Å². The van der Waals surface area contributed by atoms with E-state index in [4.69, 9.17) is 0 Å². The number of anilines is 3. The summed E-state index contributed by atoms with van der Waals surface area (Å²) >= 11 is 0. The van der Waals surface area contributed by atoms with Crippen molar-refractivity contribution in [3.8, 4) is 5.75 Å². The van der Waals surface area contributed by atoms with Gasteiger partial charge in [-0.2, -0.15) is 0 Å². The van der Waals surface area contributed by atoms with Crippen molar-refractivity contribution in [1.29, 1.82) is 0 Å². The van der Waals surface area contributed by atoms with Gasteiger partial charge in [0, 0.05) is 25.2 Å². The lowest BCUT2D eigenvalue weighted by Crippen LogP contribution is -2.01. The maximum Gasteiger partial charge on any atom is 0.167 e. The second-order valence-corrected chi connectivity index (χ2v) is 3.63. The van der Waals surface area contributed by atoms with Crippen LogP contribution in [0.3, 0.4) is 0 Å². The molecular formula is C12H12F2N4O. The fraction of sp³-hybridized carbons (Fsp3) is 0.167. The van der Waals surface area contributed by atoms with E-state index in [0.29, 0.717) is 11.6 Å². The summed E-state index contributed by atoms with van der Waals surface area (Å²) in [6.45, 7) is 0. The quantitative estimate of drug-likeness (QED) is 0.890. The van der Waals surface area contributed by atoms with E-state index in [9.17, 15) is 8.78 Å². The summed E-state index contributed by atoms with van der Waals surface area (Å²) in [7, 11) is 2.97. The standard InChI is InChI=1S/C12H12F2N4O/c1-15-11-5-12(17-6-16-11)18-9-3-8(14)10(19-2)4-7(9)13/h3-6H,1-2H3,(H2,15,16,17,18). The summed E-state index contributed by atoms with van der Waals surface area (Å²) in [6, 6.07) is 3.55. The Hall–Kier alpha value is -2.44.